The lowest BCUT2D eigenvalue weighted by atomic mass is 9.88. The number of benzene rings is 1. The first-order valence-corrected chi connectivity index (χ1v) is 7.10. The number of carbonyl (C=O) groups is 1. The Kier molecular flexibility index (Phi) is 4.76. The maximum Gasteiger partial charge on any atom is 0.176 e. The van der Waals surface area contributed by atoms with Gasteiger partial charge in [0.15, 0.2) is 17.3 Å². The summed E-state index contributed by atoms with van der Waals surface area (Å²) in [4.78, 5) is 14.4. The molecule has 2 atom stereocenters. The van der Waals surface area contributed by atoms with Gasteiger partial charge in [0.1, 0.15) is 0 Å². The standard InChI is InChI=1S/C16H22FNO2/c1-11-6-7-18(9-12(11)2)10-15(19)13-4-5-16(20-3)14(17)8-13/h4-5,8,11-12H,6-7,9-10H2,1-3H3. The van der Waals surface area contributed by atoms with Gasteiger partial charge in [0.05, 0.1) is 13.7 Å². The smallest absolute Gasteiger partial charge is 0.176 e. The molecule has 1 heterocycles. The Labute approximate surface area is 119 Å². The number of halogens is 1. The van der Waals surface area contributed by atoms with E-state index in [1.165, 1.54) is 19.2 Å². The molecule has 1 aliphatic heterocycles. The Morgan fingerprint density at radius 2 is 2.15 bits per heavy atom. The van der Waals surface area contributed by atoms with Crippen molar-refractivity contribution in [2.75, 3.05) is 26.7 Å². The summed E-state index contributed by atoms with van der Waals surface area (Å²) in [5.74, 6) is 0.957. The maximum absolute atomic E-state index is 13.6. The molecule has 0 aromatic heterocycles. The molecule has 1 fully saturated rings. The number of carbonyl (C=O) groups excluding carboxylic acids is 1. The quantitative estimate of drug-likeness (QED) is 0.794. The number of piperidine rings is 1. The molecular weight excluding hydrogens is 257 g/mol. The van der Waals surface area contributed by atoms with E-state index < -0.39 is 5.82 Å². The Morgan fingerprint density at radius 3 is 2.75 bits per heavy atom. The van der Waals surface area contributed by atoms with Crippen LogP contribution < -0.4 is 4.74 Å². The molecule has 4 heteroatoms. The predicted octanol–water partition coefficient (Wildman–Crippen LogP) is 2.99. The molecular formula is C16H22FNO2. The summed E-state index contributed by atoms with van der Waals surface area (Å²) in [6, 6.07) is 4.39. The minimum Gasteiger partial charge on any atom is -0.494 e. The van der Waals surface area contributed by atoms with E-state index in [4.69, 9.17) is 4.74 Å². The first-order valence-electron chi connectivity index (χ1n) is 7.10. The number of ketones is 1. The highest BCUT2D eigenvalue weighted by molar-refractivity contribution is 5.97. The molecule has 0 radical (unpaired) electrons. The van der Waals surface area contributed by atoms with Crippen LogP contribution in [0.4, 0.5) is 4.39 Å². The molecule has 3 nitrogen and oxygen atoms in total. The molecule has 0 saturated carbocycles. The third kappa shape index (κ3) is 3.37. The fourth-order valence-corrected chi connectivity index (χ4v) is 2.63. The third-order valence-electron chi connectivity index (χ3n) is 4.26. The van der Waals surface area contributed by atoms with Crippen molar-refractivity contribution in [1.82, 2.24) is 4.90 Å². The fourth-order valence-electron chi connectivity index (χ4n) is 2.63. The highest BCUT2D eigenvalue weighted by Gasteiger charge is 2.24. The number of hydrogen-bond donors (Lipinski definition) is 0. The van der Waals surface area contributed by atoms with E-state index in [9.17, 15) is 9.18 Å². The second kappa shape index (κ2) is 6.35. The summed E-state index contributed by atoms with van der Waals surface area (Å²) in [6.07, 6.45) is 1.12. The van der Waals surface area contributed by atoms with Crippen molar-refractivity contribution in [3.63, 3.8) is 0 Å². The summed E-state index contributed by atoms with van der Waals surface area (Å²) in [5.41, 5.74) is 0.412. The van der Waals surface area contributed by atoms with Crippen molar-refractivity contribution in [3.8, 4) is 5.75 Å². The Hall–Kier alpha value is -1.42. The lowest BCUT2D eigenvalue weighted by molar-refractivity contribution is 0.0849. The van der Waals surface area contributed by atoms with Crippen LogP contribution in [0.3, 0.4) is 0 Å². The maximum atomic E-state index is 13.6. The zero-order valence-electron chi connectivity index (χ0n) is 12.4. The molecule has 1 aromatic rings. The number of likely N-dealkylation sites (tertiary alicyclic amines) is 1. The fraction of sp³-hybridized carbons (Fsp3) is 0.562. The van der Waals surface area contributed by atoms with E-state index in [0.717, 1.165) is 19.5 Å². The normalized spacial score (nSPS) is 23.6. The van der Waals surface area contributed by atoms with Gasteiger partial charge < -0.3 is 4.74 Å². The van der Waals surface area contributed by atoms with Crippen LogP contribution in [-0.2, 0) is 0 Å². The SMILES string of the molecule is COc1ccc(C(=O)CN2CCC(C)C(C)C2)cc1F. The number of nitrogens with zero attached hydrogens (tertiary/aromatic N) is 1. The topological polar surface area (TPSA) is 29.5 Å². The van der Waals surface area contributed by atoms with Crippen LogP contribution in [0.1, 0.15) is 30.6 Å². The molecule has 1 aliphatic rings. The van der Waals surface area contributed by atoms with Gasteiger partial charge in [0, 0.05) is 12.1 Å². The molecule has 20 heavy (non-hydrogen) atoms. The van der Waals surface area contributed by atoms with Gasteiger partial charge in [-0.1, -0.05) is 13.8 Å². The lowest BCUT2D eigenvalue weighted by Gasteiger charge is -2.34. The minimum absolute atomic E-state index is 0.0340. The Bertz CT molecular complexity index is 489. The Morgan fingerprint density at radius 1 is 1.40 bits per heavy atom. The van der Waals surface area contributed by atoms with Crippen LogP contribution >= 0.6 is 0 Å². The number of methoxy groups -OCH3 is 1. The average molecular weight is 279 g/mol. The van der Waals surface area contributed by atoms with Gasteiger partial charge in [-0.15, -0.1) is 0 Å². The molecule has 0 spiro atoms. The number of rotatable bonds is 4. The number of hydrogen-bond acceptors (Lipinski definition) is 3. The van der Waals surface area contributed by atoms with Gasteiger partial charge in [-0.3, -0.25) is 9.69 Å². The highest BCUT2D eigenvalue weighted by atomic mass is 19.1. The van der Waals surface area contributed by atoms with Gasteiger partial charge >= 0.3 is 0 Å². The first kappa shape index (κ1) is 15.0. The van der Waals surface area contributed by atoms with Gasteiger partial charge in [-0.2, -0.15) is 0 Å². The largest absolute Gasteiger partial charge is 0.494 e. The van der Waals surface area contributed by atoms with Gasteiger partial charge in [-0.05, 0) is 43.0 Å². The van der Waals surface area contributed by atoms with Crippen LogP contribution in [0.25, 0.3) is 0 Å². The second-order valence-corrected chi connectivity index (χ2v) is 5.75. The van der Waals surface area contributed by atoms with Crippen LogP contribution in [0, 0.1) is 17.7 Å². The molecule has 2 unspecified atom stereocenters. The van der Waals surface area contributed by atoms with Gasteiger partial charge in [-0.25, -0.2) is 4.39 Å². The molecule has 0 N–H and O–H groups in total. The third-order valence-corrected chi connectivity index (χ3v) is 4.26. The molecule has 2 rings (SSSR count). The monoisotopic (exact) mass is 279 g/mol. The Balaban J connectivity index is 2.00. The van der Waals surface area contributed by atoms with Crippen molar-refractivity contribution in [2.24, 2.45) is 11.8 Å². The van der Waals surface area contributed by atoms with E-state index in [0.29, 0.717) is 23.9 Å². The predicted molar refractivity (Wildman–Crippen MR) is 76.7 cm³/mol. The molecule has 0 amide bonds. The van der Waals surface area contributed by atoms with E-state index in [1.54, 1.807) is 6.07 Å². The van der Waals surface area contributed by atoms with E-state index >= 15 is 0 Å². The summed E-state index contributed by atoms with van der Waals surface area (Å²) in [5, 5.41) is 0. The van der Waals surface area contributed by atoms with Gasteiger partial charge in [0.2, 0.25) is 0 Å². The zero-order chi connectivity index (χ0) is 14.7. The summed E-state index contributed by atoms with van der Waals surface area (Å²) in [6.45, 7) is 6.71. The van der Waals surface area contributed by atoms with E-state index in [-0.39, 0.29) is 11.5 Å². The number of Topliss-reactive ketones (excluding diaryl/α,β-unsaturated/α-hetero) is 1. The van der Waals surface area contributed by atoms with Crippen molar-refractivity contribution in [3.05, 3.63) is 29.6 Å². The molecule has 1 saturated heterocycles. The van der Waals surface area contributed by atoms with Crippen LogP contribution in [0.2, 0.25) is 0 Å². The summed E-state index contributed by atoms with van der Waals surface area (Å²) in [7, 11) is 1.41. The highest BCUT2D eigenvalue weighted by Crippen LogP contribution is 2.23. The van der Waals surface area contributed by atoms with E-state index in [1.807, 2.05) is 0 Å². The second-order valence-electron chi connectivity index (χ2n) is 5.75. The molecule has 1 aromatic carbocycles. The first-order chi connectivity index (χ1) is 9.51. The summed E-state index contributed by atoms with van der Waals surface area (Å²) >= 11 is 0. The van der Waals surface area contributed by atoms with Crippen molar-refractivity contribution in [2.45, 2.75) is 20.3 Å². The molecule has 0 bridgehead atoms. The summed E-state index contributed by atoms with van der Waals surface area (Å²) < 4.78 is 18.5. The van der Waals surface area contributed by atoms with Crippen LogP contribution in [-0.4, -0.2) is 37.4 Å². The average Bonchev–Trinajstić information content (AvgIpc) is 2.42. The van der Waals surface area contributed by atoms with Crippen LogP contribution in [0.15, 0.2) is 18.2 Å². The number of ether oxygens (including phenoxy) is 1. The molecule has 0 aliphatic carbocycles. The van der Waals surface area contributed by atoms with Crippen molar-refractivity contribution < 1.29 is 13.9 Å². The minimum atomic E-state index is -0.487. The van der Waals surface area contributed by atoms with Gasteiger partial charge in [0.25, 0.3) is 0 Å². The van der Waals surface area contributed by atoms with Crippen LogP contribution in [0.5, 0.6) is 5.75 Å². The molecule has 110 valence electrons. The van der Waals surface area contributed by atoms with Crippen molar-refractivity contribution >= 4 is 5.78 Å². The zero-order valence-corrected chi connectivity index (χ0v) is 12.4. The lowest BCUT2D eigenvalue weighted by Crippen LogP contribution is -2.41. The van der Waals surface area contributed by atoms with Crippen molar-refractivity contribution in [1.29, 1.82) is 0 Å². The van der Waals surface area contributed by atoms with E-state index in [2.05, 4.69) is 18.7 Å².